The monoisotopic (exact) mass is 312 g/mol. The Kier molecular flexibility index (Phi) is 4.83. The molecule has 6 heteroatoms. The minimum Gasteiger partial charge on any atom is -0.376 e. The zero-order valence-electron chi connectivity index (χ0n) is 13.1. The normalized spacial score (nSPS) is 17.0. The molecule has 1 amide bonds. The van der Waals surface area contributed by atoms with Crippen LogP contribution in [0.3, 0.4) is 0 Å². The van der Waals surface area contributed by atoms with Gasteiger partial charge in [0.15, 0.2) is 0 Å². The Morgan fingerprint density at radius 2 is 2.17 bits per heavy atom. The van der Waals surface area contributed by atoms with Gasteiger partial charge >= 0.3 is 0 Å². The van der Waals surface area contributed by atoms with Gasteiger partial charge in [-0.25, -0.2) is 9.97 Å². The van der Waals surface area contributed by atoms with Crippen LogP contribution in [0.25, 0.3) is 0 Å². The Labute approximate surface area is 135 Å². The summed E-state index contributed by atoms with van der Waals surface area (Å²) in [4.78, 5) is 20.5. The van der Waals surface area contributed by atoms with Gasteiger partial charge in [0.1, 0.15) is 11.5 Å². The molecule has 2 N–H and O–H groups in total. The van der Waals surface area contributed by atoms with Gasteiger partial charge in [0.05, 0.1) is 18.5 Å². The maximum absolute atomic E-state index is 12.0. The predicted octanol–water partition coefficient (Wildman–Crippen LogP) is 2.44. The number of nitrogens with zero attached hydrogens (tertiary/aromatic N) is 2. The Bertz CT molecular complexity index is 667. The van der Waals surface area contributed by atoms with E-state index in [0.717, 1.165) is 30.7 Å². The lowest BCUT2D eigenvalue weighted by Gasteiger charge is -2.11. The first-order valence-corrected chi connectivity index (χ1v) is 7.77. The van der Waals surface area contributed by atoms with Crippen LogP contribution >= 0.6 is 0 Å². The van der Waals surface area contributed by atoms with Crippen molar-refractivity contribution < 1.29 is 9.53 Å². The van der Waals surface area contributed by atoms with Crippen LogP contribution in [0.5, 0.6) is 0 Å². The molecule has 2 aromatic rings. The molecule has 1 unspecified atom stereocenters. The molecule has 1 aromatic carbocycles. The third-order valence-corrected chi connectivity index (χ3v) is 3.81. The van der Waals surface area contributed by atoms with E-state index in [1.807, 2.05) is 31.2 Å². The lowest BCUT2D eigenvalue weighted by Crippen LogP contribution is -2.32. The summed E-state index contributed by atoms with van der Waals surface area (Å²) in [6.07, 6.45) is 5.21. The van der Waals surface area contributed by atoms with Crippen molar-refractivity contribution in [1.29, 1.82) is 0 Å². The van der Waals surface area contributed by atoms with Crippen molar-refractivity contribution in [2.75, 3.05) is 18.5 Å². The molecule has 23 heavy (non-hydrogen) atoms. The van der Waals surface area contributed by atoms with E-state index in [0.29, 0.717) is 18.1 Å². The van der Waals surface area contributed by atoms with E-state index < -0.39 is 0 Å². The van der Waals surface area contributed by atoms with E-state index in [9.17, 15) is 4.79 Å². The third-order valence-electron chi connectivity index (χ3n) is 3.81. The second-order valence-corrected chi connectivity index (χ2v) is 5.57. The number of carbonyl (C=O) groups excluding carboxylic acids is 1. The number of anilines is 2. The molecule has 6 nitrogen and oxygen atoms in total. The van der Waals surface area contributed by atoms with Crippen LogP contribution in [0.2, 0.25) is 0 Å². The Morgan fingerprint density at radius 3 is 2.87 bits per heavy atom. The number of ether oxygens (including phenoxy) is 1. The average molecular weight is 312 g/mol. The van der Waals surface area contributed by atoms with Gasteiger partial charge in [-0.15, -0.1) is 0 Å². The molecule has 1 aliphatic rings. The summed E-state index contributed by atoms with van der Waals surface area (Å²) in [6.45, 7) is 3.31. The maximum Gasteiger partial charge on any atom is 0.271 e. The van der Waals surface area contributed by atoms with Crippen molar-refractivity contribution >= 4 is 17.4 Å². The van der Waals surface area contributed by atoms with Gasteiger partial charge in [0.25, 0.3) is 5.91 Å². The summed E-state index contributed by atoms with van der Waals surface area (Å²) < 4.78 is 5.48. The molecule has 1 fully saturated rings. The molecule has 0 spiro atoms. The second kappa shape index (κ2) is 7.19. The zero-order chi connectivity index (χ0) is 16.1. The number of benzene rings is 1. The minimum absolute atomic E-state index is 0.119. The molecule has 0 saturated carbocycles. The molecule has 1 saturated heterocycles. The van der Waals surface area contributed by atoms with E-state index in [1.54, 1.807) is 6.20 Å². The van der Waals surface area contributed by atoms with Crippen molar-refractivity contribution in [1.82, 2.24) is 15.3 Å². The van der Waals surface area contributed by atoms with Crippen LogP contribution in [-0.2, 0) is 4.74 Å². The molecule has 0 bridgehead atoms. The molecule has 120 valence electrons. The topological polar surface area (TPSA) is 76.1 Å². The molecule has 1 atom stereocenters. The summed E-state index contributed by atoms with van der Waals surface area (Å²) in [5, 5.41) is 6.02. The number of amides is 1. The van der Waals surface area contributed by atoms with Gasteiger partial charge in [0.2, 0.25) is 0 Å². The summed E-state index contributed by atoms with van der Waals surface area (Å²) >= 11 is 0. The second-order valence-electron chi connectivity index (χ2n) is 5.57. The largest absolute Gasteiger partial charge is 0.376 e. The highest BCUT2D eigenvalue weighted by Crippen LogP contribution is 2.17. The van der Waals surface area contributed by atoms with E-state index in [-0.39, 0.29) is 12.0 Å². The standard InChI is InChI=1S/C17H20N4O2/c1-12-5-2-3-7-14(12)21-16-11-18-15(10-19-16)17(22)20-9-13-6-4-8-23-13/h2-3,5,7,10-11,13H,4,6,8-9H2,1H3,(H,19,21)(H,20,22). The van der Waals surface area contributed by atoms with Crippen molar-refractivity contribution in [2.24, 2.45) is 0 Å². The van der Waals surface area contributed by atoms with Crippen LogP contribution in [-0.4, -0.2) is 35.1 Å². The first-order valence-electron chi connectivity index (χ1n) is 7.77. The number of carbonyl (C=O) groups is 1. The SMILES string of the molecule is Cc1ccccc1Nc1cnc(C(=O)NCC2CCCO2)cn1. The van der Waals surface area contributed by atoms with Gasteiger partial charge in [-0.1, -0.05) is 18.2 Å². The summed E-state index contributed by atoms with van der Waals surface area (Å²) in [6, 6.07) is 7.92. The van der Waals surface area contributed by atoms with Crippen molar-refractivity contribution in [3.05, 3.63) is 47.9 Å². The smallest absolute Gasteiger partial charge is 0.271 e. The van der Waals surface area contributed by atoms with Crippen LogP contribution in [0.15, 0.2) is 36.7 Å². The predicted molar refractivity (Wildman–Crippen MR) is 87.8 cm³/mol. The third kappa shape index (κ3) is 4.04. The molecule has 3 rings (SSSR count). The van der Waals surface area contributed by atoms with Crippen LogP contribution in [0.4, 0.5) is 11.5 Å². The van der Waals surface area contributed by atoms with Crippen molar-refractivity contribution in [3.63, 3.8) is 0 Å². The Hall–Kier alpha value is -2.47. The first-order chi connectivity index (χ1) is 11.2. The highest BCUT2D eigenvalue weighted by Gasteiger charge is 2.17. The number of para-hydroxylation sites is 1. The lowest BCUT2D eigenvalue weighted by molar-refractivity contribution is 0.0853. The number of aromatic nitrogens is 2. The van der Waals surface area contributed by atoms with Crippen LogP contribution < -0.4 is 10.6 Å². The number of hydrogen-bond donors (Lipinski definition) is 2. The van der Waals surface area contributed by atoms with Gasteiger partial charge in [-0.05, 0) is 31.4 Å². The van der Waals surface area contributed by atoms with E-state index in [2.05, 4.69) is 20.6 Å². The molecular weight excluding hydrogens is 292 g/mol. The minimum atomic E-state index is -0.226. The first kappa shape index (κ1) is 15.4. The lowest BCUT2D eigenvalue weighted by atomic mass is 10.2. The fourth-order valence-electron chi connectivity index (χ4n) is 2.46. The highest BCUT2D eigenvalue weighted by atomic mass is 16.5. The molecule has 2 heterocycles. The van der Waals surface area contributed by atoms with Crippen molar-refractivity contribution in [3.8, 4) is 0 Å². The number of hydrogen-bond acceptors (Lipinski definition) is 5. The summed E-state index contributed by atoms with van der Waals surface area (Å²) in [7, 11) is 0. The highest BCUT2D eigenvalue weighted by molar-refractivity contribution is 5.92. The van der Waals surface area contributed by atoms with Gasteiger partial charge in [-0.2, -0.15) is 0 Å². The van der Waals surface area contributed by atoms with E-state index in [4.69, 9.17) is 4.74 Å². The van der Waals surface area contributed by atoms with Crippen molar-refractivity contribution in [2.45, 2.75) is 25.9 Å². The number of rotatable bonds is 5. The van der Waals surface area contributed by atoms with E-state index >= 15 is 0 Å². The van der Waals surface area contributed by atoms with Crippen LogP contribution in [0, 0.1) is 6.92 Å². The summed E-state index contributed by atoms with van der Waals surface area (Å²) in [5.41, 5.74) is 2.39. The molecular formula is C17H20N4O2. The number of nitrogens with one attached hydrogen (secondary N) is 2. The molecule has 0 radical (unpaired) electrons. The molecule has 1 aliphatic heterocycles. The van der Waals surface area contributed by atoms with Crippen LogP contribution in [0.1, 0.15) is 28.9 Å². The van der Waals surface area contributed by atoms with Gasteiger partial charge in [0, 0.05) is 18.8 Å². The Balaban J connectivity index is 1.58. The molecule has 0 aliphatic carbocycles. The number of aryl methyl sites for hydroxylation is 1. The quantitative estimate of drug-likeness (QED) is 0.887. The van der Waals surface area contributed by atoms with Gasteiger partial charge < -0.3 is 15.4 Å². The zero-order valence-corrected chi connectivity index (χ0v) is 13.1. The van der Waals surface area contributed by atoms with Gasteiger partial charge in [-0.3, -0.25) is 4.79 Å². The van der Waals surface area contributed by atoms with E-state index in [1.165, 1.54) is 6.20 Å². The molecule has 1 aromatic heterocycles. The fraction of sp³-hybridized carbons (Fsp3) is 0.353. The Morgan fingerprint density at radius 1 is 1.30 bits per heavy atom. The maximum atomic E-state index is 12.0. The fourth-order valence-corrected chi connectivity index (χ4v) is 2.46. The summed E-state index contributed by atoms with van der Waals surface area (Å²) in [5.74, 6) is 0.380. The average Bonchev–Trinajstić information content (AvgIpc) is 3.09.